The van der Waals surface area contributed by atoms with Crippen molar-refractivity contribution < 1.29 is 0 Å². The molecule has 0 unspecified atom stereocenters. The summed E-state index contributed by atoms with van der Waals surface area (Å²) >= 11 is 0. The van der Waals surface area contributed by atoms with Crippen LogP contribution >= 0.6 is 37.2 Å². The van der Waals surface area contributed by atoms with E-state index >= 15 is 0 Å². The van der Waals surface area contributed by atoms with Crippen molar-refractivity contribution in [2.75, 3.05) is 24.6 Å². The first-order valence-corrected chi connectivity index (χ1v) is 7.37. The number of hydrogen-bond acceptors (Lipinski definition) is 4. The van der Waals surface area contributed by atoms with Gasteiger partial charge in [-0.1, -0.05) is 12.1 Å². The second-order valence-electron chi connectivity index (χ2n) is 5.86. The molecule has 2 aromatic rings. The summed E-state index contributed by atoms with van der Waals surface area (Å²) in [4.78, 5) is 4.51. The Hall–Kier alpha value is -1.20. The van der Waals surface area contributed by atoms with Gasteiger partial charge in [0.25, 0.3) is 0 Å². The number of nitrogens with one attached hydrogen (secondary N) is 2. The Labute approximate surface area is 162 Å². The van der Waals surface area contributed by atoms with Gasteiger partial charge in [0.05, 0.1) is 11.9 Å². The van der Waals surface area contributed by atoms with Gasteiger partial charge in [0.2, 0.25) is 0 Å². The van der Waals surface area contributed by atoms with Crippen molar-refractivity contribution in [3.8, 4) is 11.1 Å². The first-order valence-electron chi connectivity index (χ1n) is 7.37. The SMILES string of the molecule is CNC1(CNc2cnc(C)c(-c3ccc(N)cc3)c2)CC1.Cl.Cl.Cl. The van der Waals surface area contributed by atoms with Gasteiger partial charge in [-0.3, -0.25) is 4.98 Å². The average Bonchev–Trinajstić information content (AvgIpc) is 3.28. The number of halogens is 3. The van der Waals surface area contributed by atoms with E-state index in [4.69, 9.17) is 5.73 Å². The molecule has 0 aliphatic heterocycles. The minimum atomic E-state index is 0. The summed E-state index contributed by atoms with van der Waals surface area (Å²) in [5, 5.41) is 6.89. The number of benzene rings is 1. The molecular weight excluding hydrogens is 367 g/mol. The van der Waals surface area contributed by atoms with Crippen LogP contribution in [0.15, 0.2) is 36.5 Å². The van der Waals surface area contributed by atoms with E-state index in [9.17, 15) is 0 Å². The lowest BCUT2D eigenvalue weighted by molar-refractivity contribution is 0.578. The van der Waals surface area contributed by atoms with Crippen LogP contribution in [0.5, 0.6) is 0 Å². The zero-order valence-electron chi connectivity index (χ0n) is 13.8. The topological polar surface area (TPSA) is 63.0 Å². The highest BCUT2D eigenvalue weighted by molar-refractivity contribution is 5.86. The second-order valence-corrected chi connectivity index (χ2v) is 5.86. The predicted molar refractivity (Wildman–Crippen MR) is 110 cm³/mol. The molecule has 4 N–H and O–H groups in total. The van der Waals surface area contributed by atoms with E-state index in [0.717, 1.165) is 34.7 Å². The summed E-state index contributed by atoms with van der Waals surface area (Å²) in [6, 6.07) is 10.1. The van der Waals surface area contributed by atoms with E-state index in [0.29, 0.717) is 0 Å². The van der Waals surface area contributed by atoms with Crippen molar-refractivity contribution in [2.24, 2.45) is 0 Å². The molecule has 1 aromatic heterocycles. The molecule has 0 bridgehead atoms. The maximum Gasteiger partial charge on any atom is 0.0533 e. The lowest BCUT2D eigenvalue weighted by Crippen LogP contribution is -2.34. The quantitative estimate of drug-likeness (QED) is 0.672. The number of aromatic nitrogens is 1. The zero-order chi connectivity index (χ0) is 14.9. The third-order valence-electron chi connectivity index (χ3n) is 4.32. The molecule has 0 radical (unpaired) electrons. The molecular formula is C17H25Cl3N4. The van der Waals surface area contributed by atoms with Crippen LogP contribution in [-0.4, -0.2) is 24.1 Å². The normalized spacial score (nSPS) is 13.8. The fourth-order valence-corrected chi connectivity index (χ4v) is 2.52. The van der Waals surface area contributed by atoms with Crippen LogP contribution in [0.25, 0.3) is 11.1 Å². The zero-order valence-corrected chi connectivity index (χ0v) is 16.3. The Balaban J connectivity index is 0.00000176. The number of anilines is 2. The van der Waals surface area contributed by atoms with Crippen molar-refractivity contribution in [2.45, 2.75) is 25.3 Å². The van der Waals surface area contributed by atoms with Crippen molar-refractivity contribution in [3.05, 3.63) is 42.2 Å². The van der Waals surface area contributed by atoms with Gasteiger partial charge < -0.3 is 16.4 Å². The van der Waals surface area contributed by atoms with Gasteiger partial charge in [-0.25, -0.2) is 0 Å². The van der Waals surface area contributed by atoms with Crippen LogP contribution in [0.3, 0.4) is 0 Å². The van der Waals surface area contributed by atoms with Crippen LogP contribution in [0.2, 0.25) is 0 Å². The van der Waals surface area contributed by atoms with Crippen LogP contribution in [0, 0.1) is 6.92 Å². The maximum absolute atomic E-state index is 5.76. The molecule has 0 spiro atoms. The average molecular weight is 392 g/mol. The van der Waals surface area contributed by atoms with Crippen molar-refractivity contribution >= 4 is 48.6 Å². The molecule has 1 fully saturated rings. The Bertz CT molecular complexity index is 643. The van der Waals surface area contributed by atoms with Gasteiger partial charge in [-0.2, -0.15) is 0 Å². The summed E-state index contributed by atoms with van der Waals surface area (Å²) in [7, 11) is 2.03. The Kier molecular flexibility index (Phi) is 8.86. The monoisotopic (exact) mass is 390 g/mol. The third-order valence-corrected chi connectivity index (χ3v) is 4.32. The van der Waals surface area contributed by atoms with Crippen molar-refractivity contribution in [1.29, 1.82) is 0 Å². The molecule has 1 saturated carbocycles. The smallest absolute Gasteiger partial charge is 0.0533 e. The van der Waals surface area contributed by atoms with Crippen LogP contribution in [0.4, 0.5) is 11.4 Å². The van der Waals surface area contributed by atoms with E-state index in [1.54, 1.807) is 0 Å². The van der Waals surface area contributed by atoms with Gasteiger partial charge in [0, 0.05) is 29.0 Å². The molecule has 3 rings (SSSR count). The van der Waals surface area contributed by atoms with Crippen molar-refractivity contribution in [1.82, 2.24) is 10.3 Å². The third kappa shape index (κ3) is 5.15. The van der Waals surface area contributed by atoms with Crippen molar-refractivity contribution in [3.63, 3.8) is 0 Å². The molecule has 0 amide bonds. The Morgan fingerprint density at radius 1 is 1.12 bits per heavy atom. The lowest BCUT2D eigenvalue weighted by Gasteiger charge is -2.16. The molecule has 1 aliphatic carbocycles. The molecule has 24 heavy (non-hydrogen) atoms. The van der Waals surface area contributed by atoms with Crippen LogP contribution in [0.1, 0.15) is 18.5 Å². The number of hydrogen-bond donors (Lipinski definition) is 3. The molecule has 1 aliphatic rings. The number of likely N-dealkylation sites (N-methyl/N-ethyl adjacent to an activating group) is 1. The molecule has 7 heteroatoms. The van der Waals surface area contributed by atoms with Gasteiger partial charge in [-0.15, -0.1) is 37.2 Å². The second kappa shape index (κ2) is 9.33. The summed E-state index contributed by atoms with van der Waals surface area (Å²) in [5.74, 6) is 0. The molecule has 4 nitrogen and oxygen atoms in total. The van der Waals surface area contributed by atoms with E-state index in [2.05, 4.69) is 21.7 Å². The summed E-state index contributed by atoms with van der Waals surface area (Å²) in [5.41, 5.74) is 11.2. The maximum atomic E-state index is 5.76. The highest BCUT2D eigenvalue weighted by Crippen LogP contribution is 2.35. The molecule has 134 valence electrons. The number of aryl methyl sites for hydroxylation is 1. The number of nitrogens with two attached hydrogens (primary N) is 1. The van der Waals surface area contributed by atoms with Crippen LogP contribution < -0.4 is 16.4 Å². The Morgan fingerprint density at radius 2 is 1.75 bits per heavy atom. The first-order chi connectivity index (χ1) is 10.1. The molecule has 1 aromatic carbocycles. The number of rotatable bonds is 5. The summed E-state index contributed by atoms with van der Waals surface area (Å²) in [6.45, 7) is 2.97. The van der Waals surface area contributed by atoms with E-state index in [1.165, 1.54) is 12.8 Å². The van der Waals surface area contributed by atoms with Gasteiger partial charge in [0.1, 0.15) is 0 Å². The van der Waals surface area contributed by atoms with Gasteiger partial charge >= 0.3 is 0 Å². The Morgan fingerprint density at radius 3 is 2.29 bits per heavy atom. The minimum absolute atomic E-state index is 0. The fourth-order valence-electron chi connectivity index (χ4n) is 2.52. The van der Waals surface area contributed by atoms with Crippen LogP contribution in [-0.2, 0) is 0 Å². The standard InChI is InChI=1S/C17H22N4.3ClH/c1-12-16(13-3-5-14(18)6-4-13)9-15(10-20-12)21-11-17(19-2)7-8-17;;;/h3-6,9-10,19,21H,7-8,11,18H2,1-2H3;3*1H. The van der Waals surface area contributed by atoms with Gasteiger partial charge in [-0.05, 0) is 50.6 Å². The van der Waals surface area contributed by atoms with Gasteiger partial charge in [0.15, 0.2) is 0 Å². The summed E-state index contributed by atoms with van der Waals surface area (Å²) in [6.07, 6.45) is 4.38. The number of pyridine rings is 1. The predicted octanol–water partition coefficient (Wildman–Crippen LogP) is 4.07. The van der Waals surface area contributed by atoms with E-state index in [1.807, 2.05) is 44.4 Å². The highest BCUT2D eigenvalue weighted by Gasteiger charge is 2.40. The molecule has 0 atom stereocenters. The minimum Gasteiger partial charge on any atom is -0.399 e. The lowest BCUT2D eigenvalue weighted by atomic mass is 10.0. The largest absolute Gasteiger partial charge is 0.399 e. The molecule has 0 saturated heterocycles. The van der Waals surface area contributed by atoms with E-state index in [-0.39, 0.29) is 42.8 Å². The number of nitrogen functional groups attached to an aromatic ring is 1. The van der Waals surface area contributed by atoms with E-state index < -0.39 is 0 Å². The molecule has 1 heterocycles. The number of nitrogens with zero attached hydrogens (tertiary/aromatic N) is 1. The highest BCUT2D eigenvalue weighted by atomic mass is 35.5. The fraction of sp³-hybridized carbons (Fsp3) is 0.353. The summed E-state index contributed by atoms with van der Waals surface area (Å²) < 4.78 is 0. The first kappa shape index (κ1) is 22.8.